The summed E-state index contributed by atoms with van der Waals surface area (Å²) in [6.45, 7) is 3.32. The van der Waals surface area contributed by atoms with Gasteiger partial charge in [-0.05, 0) is 49.4 Å². The SMILES string of the molecule is CC(=O)Nc1ccc(C(=O)C(C)Sc2nc3cc(Cl)ccc3s2)cc1. The minimum atomic E-state index is -0.261. The number of amides is 1. The lowest BCUT2D eigenvalue weighted by atomic mass is 10.1. The van der Waals surface area contributed by atoms with Crippen molar-refractivity contribution in [3.8, 4) is 0 Å². The minimum absolute atomic E-state index is 0.0247. The predicted octanol–water partition coefficient (Wildman–Crippen LogP) is 5.27. The van der Waals surface area contributed by atoms with Crippen LogP contribution in [-0.2, 0) is 4.79 Å². The van der Waals surface area contributed by atoms with E-state index in [4.69, 9.17) is 11.6 Å². The van der Waals surface area contributed by atoms with E-state index in [2.05, 4.69) is 10.3 Å². The van der Waals surface area contributed by atoms with Gasteiger partial charge >= 0.3 is 0 Å². The molecule has 3 rings (SSSR count). The molecule has 1 atom stereocenters. The second-order valence-corrected chi connectivity index (χ2v) is 8.53. The molecule has 1 aromatic heterocycles. The van der Waals surface area contributed by atoms with Crippen LogP contribution in [0.15, 0.2) is 46.8 Å². The van der Waals surface area contributed by atoms with Gasteiger partial charge in [0.05, 0.1) is 15.5 Å². The van der Waals surface area contributed by atoms with Gasteiger partial charge in [0.1, 0.15) is 0 Å². The van der Waals surface area contributed by atoms with Crippen molar-refractivity contribution in [3.05, 3.63) is 53.1 Å². The van der Waals surface area contributed by atoms with Crippen LogP contribution >= 0.6 is 34.7 Å². The van der Waals surface area contributed by atoms with Gasteiger partial charge in [-0.3, -0.25) is 9.59 Å². The number of Topliss-reactive ketones (excluding diaryl/α,β-unsaturated/α-hetero) is 1. The summed E-state index contributed by atoms with van der Waals surface area (Å²) in [7, 11) is 0. The third-order valence-corrected chi connectivity index (χ3v) is 5.93. The molecule has 128 valence electrons. The summed E-state index contributed by atoms with van der Waals surface area (Å²) in [5, 5.41) is 3.07. The zero-order valence-electron chi connectivity index (χ0n) is 13.6. The fraction of sp³-hybridized carbons (Fsp3) is 0.167. The summed E-state index contributed by atoms with van der Waals surface area (Å²) in [6.07, 6.45) is 0. The number of fused-ring (bicyclic) bond motifs is 1. The van der Waals surface area contributed by atoms with E-state index in [1.807, 2.05) is 25.1 Å². The molecule has 4 nitrogen and oxygen atoms in total. The summed E-state index contributed by atoms with van der Waals surface area (Å²) < 4.78 is 1.89. The molecule has 1 unspecified atom stereocenters. The fourth-order valence-electron chi connectivity index (χ4n) is 2.29. The van der Waals surface area contributed by atoms with E-state index < -0.39 is 0 Å². The molecule has 0 radical (unpaired) electrons. The molecule has 1 N–H and O–H groups in total. The highest BCUT2D eigenvalue weighted by molar-refractivity contribution is 8.02. The Morgan fingerprint density at radius 3 is 2.60 bits per heavy atom. The van der Waals surface area contributed by atoms with Gasteiger partial charge in [0, 0.05) is 23.2 Å². The van der Waals surface area contributed by atoms with Crippen LogP contribution in [0.4, 0.5) is 5.69 Å². The molecule has 0 saturated carbocycles. The van der Waals surface area contributed by atoms with E-state index >= 15 is 0 Å². The predicted molar refractivity (Wildman–Crippen MR) is 105 cm³/mol. The highest BCUT2D eigenvalue weighted by Gasteiger charge is 2.18. The van der Waals surface area contributed by atoms with Gasteiger partial charge in [0.2, 0.25) is 5.91 Å². The largest absolute Gasteiger partial charge is 0.326 e. The highest BCUT2D eigenvalue weighted by atomic mass is 35.5. The number of halogens is 1. The normalized spacial score (nSPS) is 12.1. The number of anilines is 1. The van der Waals surface area contributed by atoms with Gasteiger partial charge in [0.25, 0.3) is 0 Å². The quantitative estimate of drug-likeness (QED) is 0.476. The number of thiazole rings is 1. The van der Waals surface area contributed by atoms with E-state index in [1.54, 1.807) is 35.6 Å². The molecule has 7 heteroatoms. The standard InChI is InChI=1S/C18H15ClN2O2S2/c1-10(17(23)12-3-6-14(7-4-12)20-11(2)22)24-18-21-15-9-13(19)5-8-16(15)25-18/h3-10H,1-2H3,(H,20,22). The highest BCUT2D eigenvalue weighted by Crippen LogP contribution is 2.34. The number of carbonyl (C=O) groups excluding carboxylic acids is 2. The first-order valence-corrected chi connectivity index (χ1v) is 9.64. The molecule has 1 amide bonds. The Morgan fingerprint density at radius 1 is 1.20 bits per heavy atom. The monoisotopic (exact) mass is 390 g/mol. The van der Waals surface area contributed by atoms with Crippen molar-refractivity contribution in [2.45, 2.75) is 23.4 Å². The first kappa shape index (κ1) is 17.9. The fourth-order valence-corrected chi connectivity index (χ4v) is 4.73. The third kappa shape index (κ3) is 4.39. The number of hydrogen-bond donors (Lipinski definition) is 1. The second-order valence-electron chi connectivity index (χ2n) is 5.47. The summed E-state index contributed by atoms with van der Waals surface area (Å²) >= 11 is 8.97. The Bertz CT molecular complexity index is 938. The topological polar surface area (TPSA) is 59.1 Å². The van der Waals surface area contributed by atoms with Crippen molar-refractivity contribution < 1.29 is 9.59 Å². The number of ketones is 1. The Kier molecular flexibility index (Phi) is 5.42. The van der Waals surface area contributed by atoms with E-state index in [9.17, 15) is 9.59 Å². The van der Waals surface area contributed by atoms with Crippen molar-refractivity contribution >= 4 is 62.3 Å². The van der Waals surface area contributed by atoms with Crippen LogP contribution in [0, 0.1) is 0 Å². The number of nitrogens with one attached hydrogen (secondary N) is 1. The smallest absolute Gasteiger partial charge is 0.221 e. The number of aromatic nitrogens is 1. The molecule has 0 aliphatic heterocycles. The lowest BCUT2D eigenvalue weighted by Gasteiger charge is -2.09. The van der Waals surface area contributed by atoms with E-state index in [0.29, 0.717) is 16.3 Å². The summed E-state index contributed by atoms with van der Waals surface area (Å²) in [6, 6.07) is 12.5. The van der Waals surface area contributed by atoms with Crippen LogP contribution < -0.4 is 5.32 Å². The maximum Gasteiger partial charge on any atom is 0.221 e. The van der Waals surface area contributed by atoms with Crippen molar-refractivity contribution in [2.75, 3.05) is 5.32 Å². The molecule has 25 heavy (non-hydrogen) atoms. The number of benzene rings is 2. The van der Waals surface area contributed by atoms with Gasteiger partial charge in [-0.2, -0.15) is 0 Å². The first-order valence-electron chi connectivity index (χ1n) is 7.57. The molecule has 2 aromatic carbocycles. The van der Waals surface area contributed by atoms with Crippen molar-refractivity contribution in [1.82, 2.24) is 4.98 Å². The molecule has 0 spiro atoms. The Hall–Kier alpha value is -1.89. The van der Waals surface area contributed by atoms with Gasteiger partial charge in [-0.15, -0.1) is 11.3 Å². The molecule has 0 fully saturated rings. The molecule has 0 saturated heterocycles. The van der Waals surface area contributed by atoms with Gasteiger partial charge < -0.3 is 5.32 Å². The maximum atomic E-state index is 12.6. The average Bonchev–Trinajstić information content (AvgIpc) is 2.95. The molecular weight excluding hydrogens is 376 g/mol. The van der Waals surface area contributed by atoms with Crippen LogP contribution in [0.5, 0.6) is 0 Å². The number of nitrogens with zero attached hydrogens (tertiary/aromatic N) is 1. The number of hydrogen-bond acceptors (Lipinski definition) is 5. The van der Waals surface area contributed by atoms with Crippen LogP contribution in [-0.4, -0.2) is 21.9 Å². The molecule has 3 aromatic rings. The molecule has 0 aliphatic carbocycles. The molecule has 1 heterocycles. The Balaban J connectivity index is 1.71. The van der Waals surface area contributed by atoms with Gasteiger partial charge in [-0.25, -0.2) is 4.98 Å². The van der Waals surface area contributed by atoms with Gasteiger partial charge in [0.15, 0.2) is 10.1 Å². The first-order chi connectivity index (χ1) is 11.9. The van der Waals surface area contributed by atoms with Crippen molar-refractivity contribution in [3.63, 3.8) is 0 Å². The Morgan fingerprint density at radius 2 is 1.92 bits per heavy atom. The van der Waals surface area contributed by atoms with Crippen LogP contribution in [0.3, 0.4) is 0 Å². The van der Waals surface area contributed by atoms with E-state index in [1.165, 1.54) is 18.7 Å². The summed E-state index contributed by atoms with van der Waals surface area (Å²) in [5.41, 5.74) is 2.13. The van der Waals surface area contributed by atoms with Crippen LogP contribution in [0.25, 0.3) is 10.2 Å². The summed E-state index contributed by atoms with van der Waals surface area (Å²) in [4.78, 5) is 28.2. The molecule has 0 bridgehead atoms. The van der Waals surface area contributed by atoms with E-state index in [-0.39, 0.29) is 16.9 Å². The number of rotatable bonds is 5. The lowest BCUT2D eigenvalue weighted by molar-refractivity contribution is -0.114. The zero-order valence-corrected chi connectivity index (χ0v) is 16.0. The second kappa shape index (κ2) is 7.56. The molecular formula is C18H15ClN2O2S2. The molecule has 0 aliphatic rings. The van der Waals surface area contributed by atoms with E-state index in [0.717, 1.165) is 14.6 Å². The number of carbonyl (C=O) groups is 2. The maximum absolute atomic E-state index is 12.6. The van der Waals surface area contributed by atoms with Gasteiger partial charge in [-0.1, -0.05) is 23.4 Å². The Labute approximate surface area is 158 Å². The average molecular weight is 391 g/mol. The summed E-state index contributed by atoms with van der Waals surface area (Å²) in [5.74, 6) is -0.115. The minimum Gasteiger partial charge on any atom is -0.326 e. The lowest BCUT2D eigenvalue weighted by Crippen LogP contribution is -2.13. The zero-order chi connectivity index (χ0) is 18.0. The van der Waals surface area contributed by atoms with Crippen molar-refractivity contribution in [2.24, 2.45) is 0 Å². The van der Waals surface area contributed by atoms with Crippen molar-refractivity contribution in [1.29, 1.82) is 0 Å². The third-order valence-electron chi connectivity index (χ3n) is 3.47. The number of thioether (sulfide) groups is 1. The van der Waals surface area contributed by atoms with Crippen LogP contribution in [0.1, 0.15) is 24.2 Å². The van der Waals surface area contributed by atoms with Crippen LogP contribution in [0.2, 0.25) is 5.02 Å².